The molecule has 0 heterocycles. The summed E-state index contributed by atoms with van der Waals surface area (Å²) in [5.41, 5.74) is -1.51. The molecule has 0 radical (unpaired) electrons. The number of carboxylic acids is 1. The normalized spacial score (nSPS) is 13.7. The van der Waals surface area contributed by atoms with Gasteiger partial charge in [-0.15, -0.1) is 0 Å². The number of rotatable bonds is 4. The van der Waals surface area contributed by atoms with Gasteiger partial charge in [0.25, 0.3) is 0 Å². The first-order chi connectivity index (χ1) is 9.59. The van der Waals surface area contributed by atoms with E-state index in [-0.39, 0.29) is 0 Å². The Labute approximate surface area is 115 Å². The second-order valence-electron chi connectivity index (χ2n) is 4.35. The molecule has 0 saturated carbocycles. The lowest BCUT2D eigenvalue weighted by Crippen LogP contribution is -2.30. The molecule has 1 rings (SSSR count). The molecule has 2 atom stereocenters. The number of anilines is 1. The predicted octanol–water partition coefficient (Wildman–Crippen LogP) is 2.68. The number of hydrogen-bond acceptors (Lipinski definition) is 2. The molecule has 0 bridgehead atoms. The Kier molecular flexibility index (Phi) is 4.87. The van der Waals surface area contributed by atoms with Crippen LogP contribution in [0.15, 0.2) is 0 Å². The van der Waals surface area contributed by atoms with Crippen LogP contribution in [0, 0.1) is 40.9 Å². The first-order valence-electron chi connectivity index (χ1n) is 5.64. The third kappa shape index (κ3) is 3.11. The van der Waals surface area contributed by atoms with E-state index in [4.69, 9.17) is 5.11 Å². The average molecular weight is 311 g/mol. The van der Waals surface area contributed by atoms with Gasteiger partial charge < -0.3 is 10.4 Å². The molecule has 4 nitrogen and oxygen atoms in total. The van der Waals surface area contributed by atoms with E-state index < -0.39 is 58.5 Å². The van der Waals surface area contributed by atoms with Gasteiger partial charge in [-0.05, 0) is 0 Å². The molecule has 0 aliphatic rings. The van der Waals surface area contributed by atoms with Gasteiger partial charge in [-0.25, -0.2) is 22.0 Å². The highest BCUT2D eigenvalue weighted by atomic mass is 19.2. The highest BCUT2D eigenvalue weighted by Gasteiger charge is 2.30. The minimum absolute atomic E-state index is 1.14. The molecule has 2 unspecified atom stereocenters. The molecule has 0 saturated heterocycles. The molecule has 1 aromatic carbocycles. The first kappa shape index (κ1) is 16.9. The second kappa shape index (κ2) is 6.06. The van der Waals surface area contributed by atoms with Crippen molar-refractivity contribution in [3.8, 4) is 0 Å². The second-order valence-corrected chi connectivity index (χ2v) is 4.35. The zero-order chi connectivity index (χ0) is 16.5. The topological polar surface area (TPSA) is 66.4 Å². The van der Waals surface area contributed by atoms with E-state index in [1.165, 1.54) is 5.32 Å². The monoisotopic (exact) mass is 311 g/mol. The summed E-state index contributed by atoms with van der Waals surface area (Å²) in [5, 5.41) is 10.2. The van der Waals surface area contributed by atoms with E-state index in [0.717, 1.165) is 13.8 Å². The van der Waals surface area contributed by atoms with Crippen molar-refractivity contribution in [3.63, 3.8) is 0 Å². The highest BCUT2D eigenvalue weighted by molar-refractivity contribution is 5.95. The molecular formula is C12H10F5NO3. The predicted molar refractivity (Wildman–Crippen MR) is 60.8 cm³/mol. The average Bonchev–Trinajstić information content (AvgIpc) is 2.45. The van der Waals surface area contributed by atoms with Gasteiger partial charge >= 0.3 is 5.97 Å². The molecule has 9 heteroatoms. The van der Waals surface area contributed by atoms with Crippen molar-refractivity contribution < 1.29 is 36.6 Å². The molecule has 0 spiro atoms. The van der Waals surface area contributed by atoms with Crippen LogP contribution in [-0.4, -0.2) is 17.0 Å². The van der Waals surface area contributed by atoms with E-state index in [1.54, 1.807) is 0 Å². The van der Waals surface area contributed by atoms with E-state index >= 15 is 0 Å². The van der Waals surface area contributed by atoms with Crippen LogP contribution in [0.25, 0.3) is 0 Å². The maximum Gasteiger partial charge on any atom is 0.307 e. The SMILES string of the molecule is CC(C(=O)O)C(C)C(=O)Nc1c(F)c(F)c(F)c(F)c1F. The Morgan fingerprint density at radius 1 is 0.857 bits per heavy atom. The van der Waals surface area contributed by atoms with Gasteiger partial charge in [0, 0.05) is 5.92 Å². The lowest BCUT2D eigenvalue weighted by molar-refractivity contribution is -0.145. The third-order valence-corrected chi connectivity index (χ3v) is 3.01. The van der Waals surface area contributed by atoms with Crippen molar-refractivity contribution in [2.45, 2.75) is 13.8 Å². The summed E-state index contributed by atoms with van der Waals surface area (Å²) in [4.78, 5) is 22.3. The van der Waals surface area contributed by atoms with E-state index in [9.17, 15) is 31.5 Å². The van der Waals surface area contributed by atoms with Crippen molar-refractivity contribution in [3.05, 3.63) is 29.1 Å². The molecule has 0 fully saturated rings. The van der Waals surface area contributed by atoms with Crippen LogP contribution in [0.3, 0.4) is 0 Å². The zero-order valence-corrected chi connectivity index (χ0v) is 10.8. The third-order valence-electron chi connectivity index (χ3n) is 3.01. The van der Waals surface area contributed by atoms with Crippen LogP contribution < -0.4 is 5.32 Å². The fourth-order valence-electron chi connectivity index (χ4n) is 1.39. The summed E-state index contributed by atoms with van der Waals surface area (Å²) in [6.45, 7) is 2.30. The highest BCUT2D eigenvalue weighted by Crippen LogP contribution is 2.28. The Bertz CT molecular complexity index is 576. The largest absolute Gasteiger partial charge is 0.481 e. The summed E-state index contributed by atoms with van der Waals surface area (Å²) < 4.78 is 65.3. The maximum atomic E-state index is 13.3. The van der Waals surface area contributed by atoms with Crippen LogP contribution in [0.5, 0.6) is 0 Å². The number of halogens is 5. The van der Waals surface area contributed by atoms with E-state index in [1.807, 2.05) is 0 Å². The van der Waals surface area contributed by atoms with Crippen LogP contribution in [0.4, 0.5) is 27.6 Å². The Balaban J connectivity index is 3.15. The van der Waals surface area contributed by atoms with Crippen molar-refractivity contribution in [2.24, 2.45) is 11.8 Å². The van der Waals surface area contributed by atoms with Gasteiger partial charge in [-0.2, -0.15) is 0 Å². The lowest BCUT2D eigenvalue weighted by atomic mass is 9.95. The summed E-state index contributed by atoms with van der Waals surface area (Å²) >= 11 is 0. The van der Waals surface area contributed by atoms with Crippen molar-refractivity contribution in [1.29, 1.82) is 0 Å². The molecule has 2 N–H and O–H groups in total. The molecule has 1 aromatic rings. The van der Waals surface area contributed by atoms with Crippen LogP contribution >= 0.6 is 0 Å². The molecular weight excluding hydrogens is 301 g/mol. The number of hydrogen-bond donors (Lipinski definition) is 2. The van der Waals surface area contributed by atoms with Gasteiger partial charge in [0.15, 0.2) is 23.3 Å². The molecule has 116 valence electrons. The number of aliphatic carboxylic acids is 1. The first-order valence-corrected chi connectivity index (χ1v) is 5.64. The number of nitrogens with one attached hydrogen (secondary N) is 1. The Hall–Kier alpha value is -2.19. The van der Waals surface area contributed by atoms with Gasteiger partial charge in [0.2, 0.25) is 11.7 Å². The summed E-state index contributed by atoms with van der Waals surface area (Å²) in [6, 6.07) is 0. The minimum Gasteiger partial charge on any atom is -0.481 e. The lowest BCUT2D eigenvalue weighted by Gasteiger charge is -2.16. The van der Waals surface area contributed by atoms with Crippen LogP contribution in [0.2, 0.25) is 0 Å². The number of carbonyl (C=O) groups excluding carboxylic acids is 1. The Morgan fingerprint density at radius 3 is 1.62 bits per heavy atom. The molecule has 0 aliphatic heterocycles. The minimum atomic E-state index is -2.35. The van der Waals surface area contributed by atoms with Crippen LogP contribution in [-0.2, 0) is 9.59 Å². The molecule has 0 aromatic heterocycles. The van der Waals surface area contributed by atoms with E-state index in [0.29, 0.717) is 0 Å². The van der Waals surface area contributed by atoms with Crippen molar-refractivity contribution >= 4 is 17.6 Å². The van der Waals surface area contributed by atoms with E-state index in [2.05, 4.69) is 0 Å². The van der Waals surface area contributed by atoms with Crippen LogP contribution in [0.1, 0.15) is 13.8 Å². The smallest absolute Gasteiger partial charge is 0.307 e. The number of amides is 1. The maximum absolute atomic E-state index is 13.3. The Morgan fingerprint density at radius 2 is 1.24 bits per heavy atom. The van der Waals surface area contributed by atoms with Gasteiger partial charge in [-0.3, -0.25) is 9.59 Å². The van der Waals surface area contributed by atoms with Crippen molar-refractivity contribution in [1.82, 2.24) is 0 Å². The fourth-order valence-corrected chi connectivity index (χ4v) is 1.39. The molecule has 1 amide bonds. The standard InChI is InChI=1S/C12H10F5NO3/c1-3(4(2)12(20)21)11(19)18-10-8(16)6(14)5(13)7(15)9(10)17/h3-4H,1-2H3,(H,18,19)(H,20,21). The number of carboxylic acid groups (broad SMARTS) is 1. The number of carbonyl (C=O) groups is 2. The molecule has 21 heavy (non-hydrogen) atoms. The summed E-state index contributed by atoms with van der Waals surface area (Å²) in [6.07, 6.45) is 0. The fraction of sp³-hybridized carbons (Fsp3) is 0.333. The number of benzene rings is 1. The van der Waals surface area contributed by atoms with Gasteiger partial charge in [0.05, 0.1) is 5.92 Å². The van der Waals surface area contributed by atoms with Gasteiger partial charge in [0.1, 0.15) is 5.69 Å². The van der Waals surface area contributed by atoms with Gasteiger partial charge in [-0.1, -0.05) is 13.8 Å². The molecule has 0 aliphatic carbocycles. The summed E-state index contributed by atoms with van der Waals surface area (Å²) in [7, 11) is 0. The quantitative estimate of drug-likeness (QED) is 0.510. The summed E-state index contributed by atoms with van der Waals surface area (Å²) in [5.74, 6) is -16.2. The zero-order valence-electron chi connectivity index (χ0n) is 10.8. The van der Waals surface area contributed by atoms with Crippen molar-refractivity contribution in [2.75, 3.05) is 5.32 Å².